The molecule has 22 heavy (non-hydrogen) atoms. The number of Topliss-reactive ketones (excluding diaryl/α,β-unsaturated/α-hetero) is 1. The Morgan fingerprint density at radius 3 is 3.05 bits per heavy atom. The molecule has 0 amide bonds. The Morgan fingerprint density at radius 1 is 1.36 bits per heavy atom. The summed E-state index contributed by atoms with van der Waals surface area (Å²) in [5.41, 5.74) is 3.17. The number of allylic oxidation sites excluding steroid dienone is 2. The molecule has 3 aromatic rings. The molecule has 0 aromatic carbocycles. The number of pyridine rings is 1. The van der Waals surface area contributed by atoms with Crippen LogP contribution in [0.4, 0.5) is 0 Å². The zero-order valence-corrected chi connectivity index (χ0v) is 12.7. The fraction of sp³-hybridized carbons (Fsp3) is 0.250. The normalized spacial score (nSPS) is 18.5. The van der Waals surface area contributed by atoms with Gasteiger partial charge < -0.3 is 0 Å². The molecule has 110 valence electrons. The van der Waals surface area contributed by atoms with Crippen molar-refractivity contribution in [3.63, 3.8) is 0 Å². The van der Waals surface area contributed by atoms with E-state index in [0.29, 0.717) is 23.6 Å². The molecule has 1 aliphatic carbocycles. The van der Waals surface area contributed by atoms with E-state index >= 15 is 0 Å². The quantitative estimate of drug-likeness (QED) is 0.511. The maximum Gasteiger partial charge on any atom is 0.166 e. The van der Waals surface area contributed by atoms with Crippen LogP contribution in [0.3, 0.4) is 0 Å². The molecule has 0 N–H and O–H groups in total. The van der Waals surface area contributed by atoms with Gasteiger partial charge in [-0.2, -0.15) is 9.61 Å². The van der Waals surface area contributed by atoms with Crippen LogP contribution in [0.2, 0.25) is 5.15 Å². The molecule has 0 fully saturated rings. The third-order valence-electron chi connectivity index (χ3n) is 3.92. The summed E-state index contributed by atoms with van der Waals surface area (Å²) < 4.78 is 1.70. The van der Waals surface area contributed by atoms with E-state index in [1.165, 1.54) is 0 Å². The molecule has 0 saturated heterocycles. The van der Waals surface area contributed by atoms with Crippen molar-refractivity contribution in [1.82, 2.24) is 19.6 Å². The first kappa shape index (κ1) is 13.4. The van der Waals surface area contributed by atoms with Crippen molar-refractivity contribution in [2.24, 2.45) is 0 Å². The van der Waals surface area contributed by atoms with Crippen molar-refractivity contribution >= 4 is 34.1 Å². The van der Waals surface area contributed by atoms with E-state index in [1.807, 2.05) is 31.2 Å². The van der Waals surface area contributed by atoms with E-state index in [0.717, 1.165) is 22.3 Å². The molecule has 0 radical (unpaired) electrons. The fourth-order valence-electron chi connectivity index (χ4n) is 2.88. The number of carbonyl (C=O) groups is 1. The Balaban J connectivity index is 1.93. The van der Waals surface area contributed by atoms with Crippen LogP contribution in [0.5, 0.6) is 0 Å². The van der Waals surface area contributed by atoms with E-state index in [9.17, 15) is 4.79 Å². The molecular weight excluding hydrogens is 300 g/mol. The monoisotopic (exact) mass is 312 g/mol. The number of hydrogen-bond donors (Lipinski definition) is 0. The Kier molecular flexibility index (Phi) is 2.97. The third kappa shape index (κ3) is 2.09. The lowest BCUT2D eigenvalue weighted by molar-refractivity contribution is -0.118. The molecule has 1 aliphatic rings. The molecule has 1 atom stereocenters. The summed E-state index contributed by atoms with van der Waals surface area (Å²) in [6, 6.07) is 3.85. The highest BCUT2D eigenvalue weighted by molar-refractivity contribution is 6.30. The Hall–Kier alpha value is -2.27. The topological polar surface area (TPSA) is 60.2 Å². The molecule has 0 spiro atoms. The van der Waals surface area contributed by atoms with Crippen LogP contribution >= 0.6 is 11.6 Å². The summed E-state index contributed by atoms with van der Waals surface area (Å²) in [5.74, 6) is 0.209. The molecule has 5 nitrogen and oxygen atoms in total. The molecule has 4 rings (SSSR count). The molecule has 3 heterocycles. The SMILES string of the molecule is Cc1cc2ncc3cc(C4C=CCC(=O)C4)c(Cl)nc3n2n1. The standard InChI is InChI=1S/C16H13ClN4O/c1-9-5-14-18-8-11-7-13(10-3-2-4-12(22)6-10)15(17)19-16(11)21(14)20-9/h2-3,5,7-8,10H,4,6H2,1H3. The van der Waals surface area contributed by atoms with Crippen molar-refractivity contribution in [3.8, 4) is 0 Å². The van der Waals surface area contributed by atoms with Crippen LogP contribution in [0.25, 0.3) is 16.7 Å². The molecule has 3 aromatic heterocycles. The first-order chi connectivity index (χ1) is 10.6. The second-order valence-corrected chi connectivity index (χ2v) is 5.93. The first-order valence-electron chi connectivity index (χ1n) is 7.12. The third-order valence-corrected chi connectivity index (χ3v) is 4.22. The number of carbonyl (C=O) groups excluding carboxylic acids is 1. The number of aryl methyl sites for hydroxylation is 1. The predicted octanol–water partition coefficient (Wildman–Crippen LogP) is 3.24. The minimum atomic E-state index is -0.0132. The highest BCUT2D eigenvalue weighted by Crippen LogP contribution is 2.32. The van der Waals surface area contributed by atoms with Gasteiger partial charge in [0, 0.05) is 36.4 Å². The van der Waals surface area contributed by atoms with Gasteiger partial charge in [-0.15, -0.1) is 0 Å². The summed E-state index contributed by atoms with van der Waals surface area (Å²) in [6.07, 6.45) is 6.67. The van der Waals surface area contributed by atoms with Gasteiger partial charge in [-0.05, 0) is 18.6 Å². The maximum absolute atomic E-state index is 11.7. The highest BCUT2D eigenvalue weighted by atomic mass is 35.5. The van der Waals surface area contributed by atoms with Crippen molar-refractivity contribution < 1.29 is 4.79 Å². The molecule has 1 unspecified atom stereocenters. The van der Waals surface area contributed by atoms with Crippen molar-refractivity contribution in [1.29, 1.82) is 0 Å². The summed E-state index contributed by atoms with van der Waals surface area (Å²) in [5, 5.41) is 5.68. The smallest absolute Gasteiger partial charge is 0.166 e. The van der Waals surface area contributed by atoms with Gasteiger partial charge in [0.1, 0.15) is 10.9 Å². The summed E-state index contributed by atoms with van der Waals surface area (Å²) in [6.45, 7) is 1.91. The van der Waals surface area contributed by atoms with E-state index in [-0.39, 0.29) is 11.7 Å². The number of halogens is 1. The zero-order valence-electron chi connectivity index (χ0n) is 12.0. The predicted molar refractivity (Wildman–Crippen MR) is 84.2 cm³/mol. The van der Waals surface area contributed by atoms with Crippen LogP contribution in [0.1, 0.15) is 30.0 Å². The average molecular weight is 313 g/mol. The minimum Gasteiger partial charge on any atom is -0.299 e. The van der Waals surface area contributed by atoms with Gasteiger partial charge >= 0.3 is 0 Å². The lowest BCUT2D eigenvalue weighted by Crippen LogP contribution is -2.10. The molecular formula is C16H13ClN4O. The number of rotatable bonds is 1. The number of ketones is 1. The summed E-state index contributed by atoms with van der Waals surface area (Å²) >= 11 is 6.37. The number of nitrogens with zero attached hydrogens (tertiary/aromatic N) is 4. The van der Waals surface area contributed by atoms with Crippen LogP contribution < -0.4 is 0 Å². The van der Waals surface area contributed by atoms with Gasteiger partial charge in [0.05, 0.1) is 5.69 Å². The summed E-state index contributed by atoms with van der Waals surface area (Å²) in [4.78, 5) is 20.5. The van der Waals surface area contributed by atoms with Crippen LogP contribution in [-0.4, -0.2) is 25.4 Å². The van der Waals surface area contributed by atoms with Crippen molar-refractivity contribution in [3.05, 3.63) is 46.9 Å². The highest BCUT2D eigenvalue weighted by Gasteiger charge is 2.21. The average Bonchev–Trinajstić information content (AvgIpc) is 2.87. The Bertz CT molecular complexity index is 944. The molecule has 0 bridgehead atoms. The lowest BCUT2D eigenvalue weighted by Gasteiger charge is -2.17. The van der Waals surface area contributed by atoms with E-state index < -0.39 is 0 Å². The number of aromatic nitrogens is 4. The zero-order chi connectivity index (χ0) is 15.3. The largest absolute Gasteiger partial charge is 0.299 e. The van der Waals surface area contributed by atoms with E-state index in [1.54, 1.807) is 10.7 Å². The second kappa shape index (κ2) is 4.88. The van der Waals surface area contributed by atoms with Gasteiger partial charge in [0.2, 0.25) is 0 Å². The van der Waals surface area contributed by atoms with Gasteiger partial charge in [-0.25, -0.2) is 9.97 Å². The van der Waals surface area contributed by atoms with Gasteiger partial charge in [-0.1, -0.05) is 23.8 Å². The summed E-state index contributed by atoms with van der Waals surface area (Å²) in [7, 11) is 0. The minimum absolute atomic E-state index is 0.0132. The fourth-order valence-corrected chi connectivity index (χ4v) is 3.16. The van der Waals surface area contributed by atoms with Crippen molar-refractivity contribution in [2.75, 3.05) is 0 Å². The molecule has 0 saturated carbocycles. The Morgan fingerprint density at radius 2 is 2.23 bits per heavy atom. The number of hydrogen-bond acceptors (Lipinski definition) is 4. The lowest BCUT2D eigenvalue weighted by atomic mass is 9.89. The van der Waals surface area contributed by atoms with Crippen LogP contribution in [0, 0.1) is 6.92 Å². The second-order valence-electron chi connectivity index (χ2n) is 5.58. The first-order valence-corrected chi connectivity index (χ1v) is 7.49. The molecule has 6 heteroatoms. The van der Waals surface area contributed by atoms with Crippen LogP contribution in [0.15, 0.2) is 30.5 Å². The van der Waals surface area contributed by atoms with Gasteiger partial charge in [-0.3, -0.25) is 4.79 Å². The van der Waals surface area contributed by atoms with Gasteiger partial charge in [0.15, 0.2) is 11.3 Å². The van der Waals surface area contributed by atoms with E-state index in [4.69, 9.17) is 11.6 Å². The number of fused-ring (bicyclic) bond motifs is 3. The van der Waals surface area contributed by atoms with E-state index in [2.05, 4.69) is 15.1 Å². The van der Waals surface area contributed by atoms with Crippen LogP contribution in [-0.2, 0) is 4.79 Å². The maximum atomic E-state index is 11.7. The molecule has 0 aliphatic heterocycles. The van der Waals surface area contributed by atoms with Gasteiger partial charge in [0.25, 0.3) is 0 Å². The Labute approximate surface area is 131 Å². The van der Waals surface area contributed by atoms with Crippen molar-refractivity contribution in [2.45, 2.75) is 25.7 Å².